The van der Waals surface area contributed by atoms with Crippen LogP contribution in [0.2, 0.25) is 0 Å². The quantitative estimate of drug-likeness (QED) is 0.695. The van der Waals surface area contributed by atoms with E-state index in [0.29, 0.717) is 24.5 Å². The van der Waals surface area contributed by atoms with Gasteiger partial charge in [-0.2, -0.15) is 0 Å². The average molecular weight is 262 g/mol. The predicted octanol–water partition coefficient (Wildman–Crippen LogP) is 1.01. The van der Waals surface area contributed by atoms with Crippen molar-refractivity contribution in [3.63, 3.8) is 0 Å². The zero-order valence-electron chi connectivity index (χ0n) is 10.8. The molecule has 1 unspecified atom stereocenters. The number of nitrogens with one attached hydrogen (secondary N) is 2. The van der Waals surface area contributed by atoms with Gasteiger partial charge in [0.1, 0.15) is 0 Å². The number of nitrogens with two attached hydrogens (primary N) is 1. The molecule has 0 saturated carbocycles. The van der Waals surface area contributed by atoms with Crippen molar-refractivity contribution in [2.24, 2.45) is 0 Å². The van der Waals surface area contributed by atoms with Gasteiger partial charge in [-0.05, 0) is 24.6 Å². The molecule has 3 amide bonds. The van der Waals surface area contributed by atoms with Crippen molar-refractivity contribution < 1.29 is 9.59 Å². The molecule has 0 bridgehead atoms. The molecule has 0 radical (unpaired) electrons. The number of anilines is 2. The fourth-order valence-corrected chi connectivity index (χ4v) is 2.17. The van der Waals surface area contributed by atoms with E-state index in [4.69, 9.17) is 5.73 Å². The van der Waals surface area contributed by atoms with E-state index in [-0.39, 0.29) is 18.0 Å². The first kappa shape index (κ1) is 13.2. The molecule has 0 aromatic heterocycles. The number of nitrogens with zero attached hydrogens (tertiary/aromatic N) is 1. The fraction of sp³-hybridized carbons (Fsp3) is 0.385. The van der Waals surface area contributed by atoms with Gasteiger partial charge in [-0.3, -0.25) is 4.79 Å². The molecule has 1 saturated heterocycles. The normalized spacial score (nSPS) is 18.2. The second-order valence-electron chi connectivity index (χ2n) is 4.69. The molecule has 1 aromatic carbocycles. The molecule has 2 rings (SSSR count). The first-order valence-corrected chi connectivity index (χ1v) is 6.23. The predicted molar refractivity (Wildman–Crippen MR) is 73.7 cm³/mol. The summed E-state index contributed by atoms with van der Waals surface area (Å²) in [6, 6.07) is 6.92. The third kappa shape index (κ3) is 3.61. The molecule has 19 heavy (non-hydrogen) atoms. The van der Waals surface area contributed by atoms with Crippen molar-refractivity contribution in [1.82, 2.24) is 10.2 Å². The van der Waals surface area contributed by atoms with Crippen LogP contribution in [0.25, 0.3) is 0 Å². The number of carbonyl (C=O) groups excluding carboxylic acids is 2. The molecule has 1 fully saturated rings. The summed E-state index contributed by atoms with van der Waals surface area (Å²) >= 11 is 0. The van der Waals surface area contributed by atoms with E-state index in [2.05, 4.69) is 10.6 Å². The molecule has 102 valence electrons. The smallest absolute Gasteiger partial charge is 0.321 e. The number of hydrogen-bond donors (Lipinski definition) is 3. The third-order valence-electron chi connectivity index (χ3n) is 3.02. The Morgan fingerprint density at radius 1 is 1.42 bits per heavy atom. The molecule has 1 aliphatic heterocycles. The molecule has 0 spiro atoms. The number of benzene rings is 1. The van der Waals surface area contributed by atoms with Crippen LogP contribution in [0.5, 0.6) is 0 Å². The van der Waals surface area contributed by atoms with Gasteiger partial charge >= 0.3 is 6.03 Å². The molecule has 6 heteroatoms. The van der Waals surface area contributed by atoms with E-state index >= 15 is 0 Å². The second-order valence-corrected chi connectivity index (χ2v) is 4.69. The number of carbonyl (C=O) groups is 2. The minimum Gasteiger partial charge on any atom is -0.399 e. The van der Waals surface area contributed by atoms with Gasteiger partial charge in [0.15, 0.2) is 0 Å². The second kappa shape index (κ2) is 5.60. The molecule has 6 nitrogen and oxygen atoms in total. The van der Waals surface area contributed by atoms with Gasteiger partial charge < -0.3 is 21.3 Å². The molecule has 1 aliphatic rings. The SMILES string of the molecule is CC(=O)NC1CCN(C(=O)Nc2cccc(N)c2)C1. The Morgan fingerprint density at radius 2 is 2.21 bits per heavy atom. The number of urea groups is 1. The molecule has 4 N–H and O–H groups in total. The van der Waals surface area contributed by atoms with Gasteiger partial charge in [0.2, 0.25) is 5.91 Å². The van der Waals surface area contributed by atoms with Gasteiger partial charge in [0, 0.05) is 37.4 Å². The Kier molecular flexibility index (Phi) is 3.89. The van der Waals surface area contributed by atoms with Crippen LogP contribution in [0.15, 0.2) is 24.3 Å². The van der Waals surface area contributed by atoms with Gasteiger partial charge in [0.05, 0.1) is 0 Å². The highest BCUT2D eigenvalue weighted by Crippen LogP contribution is 2.15. The average Bonchev–Trinajstić information content (AvgIpc) is 2.76. The Hall–Kier alpha value is -2.24. The highest BCUT2D eigenvalue weighted by atomic mass is 16.2. The van der Waals surface area contributed by atoms with E-state index in [1.807, 2.05) is 0 Å². The van der Waals surface area contributed by atoms with Crippen LogP contribution in [0.4, 0.5) is 16.2 Å². The molecular formula is C13H18N4O2. The Bertz CT molecular complexity index is 489. The number of hydrogen-bond acceptors (Lipinski definition) is 3. The van der Waals surface area contributed by atoms with Crippen molar-refractivity contribution in [1.29, 1.82) is 0 Å². The number of likely N-dealkylation sites (tertiary alicyclic amines) is 1. The summed E-state index contributed by atoms with van der Waals surface area (Å²) in [6.45, 7) is 2.66. The lowest BCUT2D eigenvalue weighted by Gasteiger charge is -2.17. The zero-order valence-corrected chi connectivity index (χ0v) is 10.8. The largest absolute Gasteiger partial charge is 0.399 e. The minimum absolute atomic E-state index is 0.0455. The topological polar surface area (TPSA) is 87.5 Å². The first-order valence-electron chi connectivity index (χ1n) is 6.23. The first-order chi connectivity index (χ1) is 9.04. The van der Waals surface area contributed by atoms with Gasteiger partial charge in [-0.15, -0.1) is 0 Å². The molecule has 1 atom stereocenters. The van der Waals surface area contributed by atoms with Crippen molar-refractivity contribution in [2.45, 2.75) is 19.4 Å². The molecule has 1 aromatic rings. The maximum atomic E-state index is 12.0. The third-order valence-corrected chi connectivity index (χ3v) is 3.02. The highest BCUT2D eigenvalue weighted by Gasteiger charge is 2.26. The van der Waals surface area contributed by atoms with Crippen LogP contribution in [0, 0.1) is 0 Å². The van der Waals surface area contributed by atoms with E-state index in [1.165, 1.54) is 6.92 Å². The minimum atomic E-state index is -0.168. The summed E-state index contributed by atoms with van der Waals surface area (Å²) < 4.78 is 0. The summed E-state index contributed by atoms with van der Waals surface area (Å²) in [4.78, 5) is 24.7. The Balaban J connectivity index is 1.89. The molecule has 1 heterocycles. The van der Waals surface area contributed by atoms with Crippen LogP contribution in [0.3, 0.4) is 0 Å². The van der Waals surface area contributed by atoms with Crippen LogP contribution in [-0.4, -0.2) is 36.0 Å². The molecule has 0 aliphatic carbocycles. The monoisotopic (exact) mass is 262 g/mol. The summed E-state index contributed by atoms with van der Waals surface area (Å²) in [7, 11) is 0. The highest BCUT2D eigenvalue weighted by molar-refractivity contribution is 5.90. The van der Waals surface area contributed by atoms with Crippen molar-refractivity contribution in [2.75, 3.05) is 24.1 Å². The fourth-order valence-electron chi connectivity index (χ4n) is 2.17. The van der Waals surface area contributed by atoms with Crippen LogP contribution in [-0.2, 0) is 4.79 Å². The van der Waals surface area contributed by atoms with E-state index in [9.17, 15) is 9.59 Å². The van der Waals surface area contributed by atoms with Crippen LogP contribution in [0.1, 0.15) is 13.3 Å². The lowest BCUT2D eigenvalue weighted by atomic mass is 10.2. The summed E-state index contributed by atoms with van der Waals surface area (Å²) in [5.74, 6) is -0.0666. The number of nitrogen functional groups attached to an aromatic ring is 1. The summed E-state index contributed by atoms with van der Waals surface area (Å²) in [5, 5.41) is 5.61. The van der Waals surface area contributed by atoms with Crippen LogP contribution < -0.4 is 16.4 Å². The van der Waals surface area contributed by atoms with Gasteiger partial charge in [-0.25, -0.2) is 4.79 Å². The zero-order chi connectivity index (χ0) is 13.8. The molecular weight excluding hydrogens is 244 g/mol. The maximum absolute atomic E-state index is 12.0. The summed E-state index contributed by atoms with van der Waals surface area (Å²) in [6.07, 6.45) is 0.782. The number of amides is 3. The lowest BCUT2D eigenvalue weighted by Crippen LogP contribution is -2.38. The van der Waals surface area contributed by atoms with Crippen molar-refractivity contribution in [3.05, 3.63) is 24.3 Å². The Morgan fingerprint density at radius 3 is 2.89 bits per heavy atom. The van der Waals surface area contributed by atoms with E-state index in [0.717, 1.165) is 6.42 Å². The number of rotatable bonds is 2. The summed E-state index contributed by atoms with van der Waals surface area (Å²) in [5.41, 5.74) is 6.93. The lowest BCUT2D eigenvalue weighted by molar-refractivity contribution is -0.119. The van der Waals surface area contributed by atoms with Crippen LogP contribution >= 0.6 is 0 Å². The van der Waals surface area contributed by atoms with E-state index < -0.39 is 0 Å². The van der Waals surface area contributed by atoms with Crippen molar-refractivity contribution in [3.8, 4) is 0 Å². The van der Waals surface area contributed by atoms with E-state index in [1.54, 1.807) is 29.2 Å². The van der Waals surface area contributed by atoms with Gasteiger partial charge in [-0.1, -0.05) is 6.07 Å². The Labute approximate surface area is 112 Å². The standard InChI is InChI=1S/C13H18N4O2/c1-9(18)15-12-5-6-17(8-12)13(19)16-11-4-2-3-10(14)7-11/h2-4,7,12H,5-6,8,14H2,1H3,(H,15,18)(H,16,19). The van der Waals surface area contributed by atoms with Crippen molar-refractivity contribution >= 4 is 23.3 Å². The van der Waals surface area contributed by atoms with Gasteiger partial charge in [0.25, 0.3) is 0 Å². The maximum Gasteiger partial charge on any atom is 0.321 e.